The van der Waals surface area contributed by atoms with Crippen LogP contribution < -0.4 is 50.2 Å². The molecule has 4 heterocycles. The second kappa shape index (κ2) is 20.0. The van der Waals surface area contributed by atoms with Crippen molar-refractivity contribution in [3.8, 4) is 23.0 Å². The summed E-state index contributed by atoms with van der Waals surface area (Å²) >= 11 is 0. The van der Waals surface area contributed by atoms with Gasteiger partial charge in [0.15, 0.2) is 23.0 Å². The number of hydrazine groups is 1. The number of nitrogens with two attached hydrogens (primary N) is 1. The molecule has 2 atom stereocenters. The van der Waals surface area contributed by atoms with Crippen LogP contribution in [0.3, 0.4) is 0 Å². The second-order valence-corrected chi connectivity index (χ2v) is 22.8. The standard InChI is InChI=1S/C59H69N7O9/c1-56(2,3)75-34-58(6,7)55(70)66(59(8,9)33-57(4,5)54(69)63-60)39-21-35(31-73-50-27-44-42(25-48(50)71-10)52(67)64-40(29-61-44)23-37-16-12-14-18-46(37)64)20-36(22-39)32-74-51-28-45-43(26-49(51)72-11)53(68)65-41(30-62-45)24-38-17-13-15-19-47(38)65/h12-22,25-29,40-41,62H,23-24,30-34,60H2,1-11H3,(H,63,69). The van der Waals surface area contributed by atoms with Gasteiger partial charge in [-0.15, -0.1) is 0 Å². The van der Waals surface area contributed by atoms with Crippen LogP contribution in [0.2, 0.25) is 0 Å². The van der Waals surface area contributed by atoms with Gasteiger partial charge < -0.3 is 38.8 Å². The number of para-hydroxylation sites is 2. The summed E-state index contributed by atoms with van der Waals surface area (Å²) in [5.41, 5.74) is 6.48. The quantitative estimate of drug-likeness (QED) is 0.0486. The summed E-state index contributed by atoms with van der Waals surface area (Å²) in [4.78, 5) is 67.4. The van der Waals surface area contributed by atoms with Gasteiger partial charge in [-0.05, 0) is 126 Å². The summed E-state index contributed by atoms with van der Waals surface area (Å²) in [7, 11) is 3.06. The summed E-state index contributed by atoms with van der Waals surface area (Å²) in [5.74, 6) is 6.25. The zero-order valence-corrected chi connectivity index (χ0v) is 44.9. The molecule has 2 unspecified atom stereocenters. The van der Waals surface area contributed by atoms with Crippen LogP contribution in [0, 0.1) is 10.8 Å². The number of methoxy groups -OCH3 is 2. The number of nitrogens with one attached hydrogen (secondary N) is 2. The minimum absolute atomic E-state index is 0.00586. The van der Waals surface area contributed by atoms with Crippen molar-refractivity contribution in [2.45, 2.75) is 118 Å². The van der Waals surface area contributed by atoms with Crippen LogP contribution in [0.1, 0.15) is 112 Å². The van der Waals surface area contributed by atoms with Gasteiger partial charge in [-0.1, -0.05) is 50.2 Å². The Morgan fingerprint density at radius 3 is 1.91 bits per heavy atom. The molecule has 16 heteroatoms. The predicted octanol–water partition coefficient (Wildman–Crippen LogP) is 9.51. The fourth-order valence-electron chi connectivity index (χ4n) is 10.9. The van der Waals surface area contributed by atoms with E-state index in [0.29, 0.717) is 75.3 Å². The average Bonchev–Trinajstić information content (AvgIpc) is 3.86. The first-order chi connectivity index (χ1) is 35.5. The molecule has 9 rings (SSSR count). The molecule has 0 aromatic heterocycles. The minimum Gasteiger partial charge on any atom is -0.493 e. The molecule has 5 aromatic carbocycles. The Hall–Kier alpha value is -7.43. The number of aliphatic imine (C=N–C) groups is 1. The highest BCUT2D eigenvalue weighted by Gasteiger charge is 2.46. The van der Waals surface area contributed by atoms with Crippen molar-refractivity contribution < 1.29 is 42.9 Å². The van der Waals surface area contributed by atoms with Crippen molar-refractivity contribution in [2.75, 3.05) is 47.4 Å². The number of hydrogen-bond donors (Lipinski definition) is 3. The molecule has 0 aliphatic carbocycles. The molecule has 0 spiro atoms. The number of rotatable bonds is 16. The molecule has 0 saturated carbocycles. The Balaban J connectivity index is 1.09. The van der Waals surface area contributed by atoms with Gasteiger partial charge in [0.2, 0.25) is 11.8 Å². The molecule has 0 saturated heterocycles. The van der Waals surface area contributed by atoms with E-state index in [9.17, 15) is 14.4 Å². The normalized spacial score (nSPS) is 16.8. The van der Waals surface area contributed by atoms with E-state index in [-0.39, 0.29) is 62.0 Å². The summed E-state index contributed by atoms with van der Waals surface area (Å²) < 4.78 is 31.3. The average molecular weight is 1020 g/mol. The van der Waals surface area contributed by atoms with E-state index in [1.165, 1.54) is 14.2 Å². The first-order valence-electron chi connectivity index (χ1n) is 25.5. The first-order valence-corrected chi connectivity index (χ1v) is 25.5. The highest BCUT2D eigenvalue weighted by Crippen LogP contribution is 2.44. The maximum absolute atomic E-state index is 15.4. The monoisotopic (exact) mass is 1020 g/mol. The molecule has 4 N–H and O–H groups in total. The van der Waals surface area contributed by atoms with Crippen molar-refractivity contribution in [1.82, 2.24) is 5.43 Å². The van der Waals surface area contributed by atoms with E-state index in [1.807, 2.05) is 120 Å². The van der Waals surface area contributed by atoms with Gasteiger partial charge in [0.1, 0.15) is 13.2 Å². The highest BCUT2D eigenvalue weighted by atomic mass is 16.5. The Morgan fingerprint density at radius 2 is 1.29 bits per heavy atom. The zero-order chi connectivity index (χ0) is 53.8. The number of hydrogen-bond acceptors (Lipinski definition) is 12. The lowest BCUT2D eigenvalue weighted by Crippen LogP contribution is -2.57. The number of carbonyl (C=O) groups excluding carboxylic acids is 4. The van der Waals surface area contributed by atoms with E-state index in [4.69, 9.17) is 34.5 Å². The topological polar surface area (TPSA) is 187 Å². The number of amides is 4. The lowest BCUT2D eigenvalue weighted by Gasteiger charge is -2.46. The van der Waals surface area contributed by atoms with Crippen LogP contribution in [-0.2, 0) is 40.4 Å². The maximum Gasteiger partial charge on any atom is 0.261 e. The third-order valence-corrected chi connectivity index (χ3v) is 14.4. The van der Waals surface area contributed by atoms with Crippen molar-refractivity contribution in [2.24, 2.45) is 21.7 Å². The molecule has 5 aromatic rings. The lowest BCUT2D eigenvalue weighted by atomic mass is 9.77. The molecule has 75 heavy (non-hydrogen) atoms. The van der Waals surface area contributed by atoms with E-state index in [1.54, 1.807) is 47.9 Å². The number of ether oxygens (including phenoxy) is 5. The maximum atomic E-state index is 15.4. The SMILES string of the molecule is COc1cc2c(cc1OCc1cc(COc3cc4c(cc3OC)C(=O)N3c5ccccc5CC3CN4)cc(N(C(=O)C(C)(C)COC(C)(C)C)C(C)(C)CC(C)(C)C(=O)NN)c1)N=CC1Cc3ccccc3N1C2=O. The summed E-state index contributed by atoms with van der Waals surface area (Å²) in [6, 6.07) is 28.2. The third kappa shape index (κ3) is 10.4. The van der Waals surface area contributed by atoms with E-state index in [0.717, 1.165) is 28.9 Å². The van der Waals surface area contributed by atoms with Crippen LogP contribution in [0.25, 0.3) is 0 Å². The van der Waals surface area contributed by atoms with Crippen LogP contribution in [0.4, 0.5) is 28.4 Å². The zero-order valence-electron chi connectivity index (χ0n) is 44.9. The number of nitrogens with zero attached hydrogens (tertiary/aromatic N) is 4. The molecule has 4 aliphatic rings. The van der Waals surface area contributed by atoms with Crippen LogP contribution in [0.15, 0.2) is 96.0 Å². The molecule has 394 valence electrons. The van der Waals surface area contributed by atoms with Gasteiger partial charge in [-0.25, -0.2) is 5.84 Å². The van der Waals surface area contributed by atoms with Gasteiger partial charge in [-0.2, -0.15) is 0 Å². The number of carbonyl (C=O) groups is 4. The molecule has 0 fully saturated rings. The molecule has 4 aliphatic heterocycles. The second-order valence-electron chi connectivity index (χ2n) is 22.8. The van der Waals surface area contributed by atoms with Crippen LogP contribution in [0.5, 0.6) is 23.0 Å². The van der Waals surface area contributed by atoms with E-state index in [2.05, 4.69) is 16.8 Å². The molecular formula is C59H69N7O9. The minimum atomic E-state index is -1.05. The Morgan fingerprint density at radius 1 is 0.720 bits per heavy atom. The lowest BCUT2D eigenvalue weighted by molar-refractivity contribution is -0.136. The predicted molar refractivity (Wildman–Crippen MR) is 291 cm³/mol. The van der Waals surface area contributed by atoms with Gasteiger partial charge in [0, 0.05) is 59.3 Å². The van der Waals surface area contributed by atoms with Crippen LogP contribution >= 0.6 is 0 Å². The van der Waals surface area contributed by atoms with Crippen molar-refractivity contribution >= 4 is 58.3 Å². The van der Waals surface area contributed by atoms with Gasteiger partial charge in [-0.3, -0.25) is 34.5 Å². The number of benzene rings is 5. The number of anilines is 4. The van der Waals surface area contributed by atoms with Crippen molar-refractivity contribution in [3.05, 3.63) is 124 Å². The fourth-order valence-corrected chi connectivity index (χ4v) is 10.9. The van der Waals surface area contributed by atoms with Gasteiger partial charge in [0.05, 0.1) is 66.4 Å². The molecule has 4 amide bonds. The molecule has 0 bridgehead atoms. The number of fused-ring (bicyclic) bond motifs is 8. The first kappa shape index (κ1) is 52.4. The Labute approximate surface area is 439 Å². The summed E-state index contributed by atoms with van der Waals surface area (Å²) in [5, 5.41) is 3.51. The summed E-state index contributed by atoms with van der Waals surface area (Å²) in [6.45, 7) is 17.6. The Bertz CT molecular complexity index is 3100. The molecule has 0 radical (unpaired) electrons. The highest BCUT2D eigenvalue weighted by molar-refractivity contribution is 6.15. The van der Waals surface area contributed by atoms with E-state index >= 15 is 4.79 Å². The molecule has 16 nitrogen and oxygen atoms in total. The smallest absolute Gasteiger partial charge is 0.261 e. The van der Waals surface area contributed by atoms with Gasteiger partial charge in [0.25, 0.3) is 11.8 Å². The molecular weight excluding hydrogens is 951 g/mol. The Kier molecular flexibility index (Phi) is 14.0. The van der Waals surface area contributed by atoms with Gasteiger partial charge >= 0.3 is 0 Å². The largest absolute Gasteiger partial charge is 0.493 e. The van der Waals surface area contributed by atoms with Crippen molar-refractivity contribution in [1.29, 1.82) is 0 Å². The van der Waals surface area contributed by atoms with E-state index < -0.39 is 22.0 Å². The van der Waals surface area contributed by atoms with Crippen LogP contribution in [-0.4, -0.2) is 80.4 Å². The third-order valence-electron chi connectivity index (χ3n) is 14.4. The fraction of sp³-hybridized carbons (Fsp3) is 0.407. The summed E-state index contributed by atoms with van der Waals surface area (Å²) in [6.07, 6.45) is 3.42. The van der Waals surface area contributed by atoms with Crippen molar-refractivity contribution in [3.63, 3.8) is 0 Å².